The summed E-state index contributed by atoms with van der Waals surface area (Å²) >= 11 is 0. The van der Waals surface area contributed by atoms with Crippen molar-refractivity contribution in [2.75, 3.05) is 65.4 Å². The van der Waals surface area contributed by atoms with Crippen LogP contribution in [0.2, 0.25) is 0 Å². The van der Waals surface area contributed by atoms with E-state index in [4.69, 9.17) is 15.0 Å². The van der Waals surface area contributed by atoms with E-state index in [0.717, 1.165) is 147 Å². The Hall–Kier alpha value is -15.9. The molecule has 0 fully saturated rings. The summed E-state index contributed by atoms with van der Waals surface area (Å²) in [5, 5.41) is 59.6. The number of fused-ring (bicyclic) bond motifs is 4. The lowest BCUT2D eigenvalue weighted by atomic mass is 9.95. The minimum absolute atomic E-state index is 0.0212. The number of nitrogens with zero attached hydrogens (tertiary/aromatic N) is 12. The molecule has 3 aliphatic heterocycles. The normalized spacial score (nSPS) is 11.8. The van der Waals surface area contributed by atoms with Crippen molar-refractivity contribution in [1.29, 1.82) is 21.0 Å². The first-order chi connectivity index (χ1) is 56.4. The van der Waals surface area contributed by atoms with E-state index in [1.54, 1.807) is 25.4 Å². The number of pyridine rings is 9. The second kappa shape index (κ2) is 34.0. The Morgan fingerprint density at radius 3 is 1.11 bits per heavy atom. The van der Waals surface area contributed by atoms with Crippen LogP contribution in [0.5, 0.6) is 0 Å². The van der Waals surface area contributed by atoms with E-state index in [2.05, 4.69) is 105 Å². The molecule has 0 aliphatic carbocycles. The Morgan fingerprint density at radius 1 is 0.359 bits per heavy atom. The molecule has 4 aromatic carbocycles. The summed E-state index contributed by atoms with van der Waals surface area (Å²) in [4.78, 5) is 52.4. The number of hydrogen-bond acceptors (Lipinski definition) is 20. The number of allylic oxidation sites excluding steroid dienone is 3. The van der Waals surface area contributed by atoms with Gasteiger partial charge in [0.2, 0.25) is 0 Å². The molecule has 12 heterocycles. The summed E-state index contributed by atoms with van der Waals surface area (Å²) in [5.41, 5.74) is 22.8. The summed E-state index contributed by atoms with van der Waals surface area (Å²) < 4.78 is 42.9. The number of aromatic nitrogens is 9. The van der Waals surface area contributed by atoms with Crippen LogP contribution >= 0.6 is 0 Å². The van der Waals surface area contributed by atoms with Crippen LogP contribution in [0, 0.1) is 104 Å². The van der Waals surface area contributed by atoms with Gasteiger partial charge in [0.15, 0.2) is 11.2 Å². The Kier molecular flexibility index (Phi) is 23.0. The molecular formula is C93H75F3N20O. The molecule has 21 nitrogen and oxygen atoms in total. The standard InChI is InChI=1S/C24H21N5.C23H17F2N5.C23H18FN5.C23H19N5O/c1-14-5-7-17(10-20(14)13-25)23-21(19-9-16(3)27-22(12-19)26-4)11-18-8-6-15(2)28-24(18)29-23;1-12-4-5-14-9-17(15-8-13(2)28-20(10-15)27-3)22(30-23(14)29-12)16-6-7-19(24)18(11-26)21(16)25;1-13-4-5-16-10-19(17-8-14(2)27-21(11-17)26-3)22(29-23(16)28-13)15-6-7-20(24)18(9-15)12-25;1-13-4-5-15(9-17(13)12-24)22-18(16-8-14(2)27-21(10-16)25-3)11-19-20(29)6-7-26-23(19)28-22/h5-12H,2H2,1,3-4H3,(H,26,27)(H,28,29);4-10H,1H2,2-3H3,(H,27,28)(H,29,30);4-11H,1H2,2-3H3,(H,26,27)(H,28,29);4-11H,1-3H3,(H,25,27)(H,26,28,29). The third-order valence-electron chi connectivity index (χ3n) is 19.3. The molecule has 13 aromatic rings. The molecule has 574 valence electrons. The van der Waals surface area contributed by atoms with Crippen molar-refractivity contribution in [3.63, 3.8) is 0 Å². The smallest absolute Gasteiger partial charge is 0.191 e. The Labute approximate surface area is 673 Å². The van der Waals surface area contributed by atoms with Gasteiger partial charge >= 0.3 is 0 Å². The third-order valence-corrected chi connectivity index (χ3v) is 19.3. The molecule has 0 unspecified atom stereocenters. The highest BCUT2D eigenvalue weighted by Crippen LogP contribution is 2.43. The van der Waals surface area contributed by atoms with Gasteiger partial charge in [-0.1, -0.05) is 44.0 Å². The van der Waals surface area contributed by atoms with Gasteiger partial charge < -0.3 is 42.2 Å². The summed E-state index contributed by atoms with van der Waals surface area (Å²) in [6.45, 7) is 23.3. The topological polar surface area (TPSA) is 315 Å². The van der Waals surface area contributed by atoms with Crippen LogP contribution in [0.25, 0.3) is 119 Å². The molecule has 3 aliphatic rings. The molecule has 0 bridgehead atoms. The number of aromatic amines is 1. The number of halogens is 3. The number of rotatable bonds is 12. The van der Waals surface area contributed by atoms with E-state index in [9.17, 15) is 34.6 Å². The van der Waals surface area contributed by atoms with Gasteiger partial charge in [-0.05, 0) is 227 Å². The Bertz CT molecular complexity index is 6450. The van der Waals surface area contributed by atoms with E-state index < -0.39 is 23.0 Å². The number of nitriles is 4. The minimum Gasteiger partial charge on any atom is -0.373 e. The quantitative estimate of drug-likeness (QED) is 0.0563. The maximum absolute atomic E-state index is 15.1. The van der Waals surface area contributed by atoms with Gasteiger partial charge in [-0.3, -0.25) is 4.79 Å². The van der Waals surface area contributed by atoms with E-state index >= 15 is 4.39 Å². The fraction of sp³-hybridized carbons (Fsp3) is 0.108. The molecule has 16 rings (SSSR count). The third kappa shape index (κ3) is 17.1. The zero-order chi connectivity index (χ0) is 83.0. The number of benzene rings is 4. The number of anilines is 7. The average Bonchev–Trinajstić information content (AvgIpc) is 0.771. The van der Waals surface area contributed by atoms with Crippen molar-refractivity contribution in [3.8, 4) is 114 Å². The number of aryl methyl sites for hydroxylation is 6. The van der Waals surface area contributed by atoms with Crippen molar-refractivity contribution in [1.82, 2.24) is 44.9 Å². The molecule has 0 radical (unpaired) electrons. The van der Waals surface area contributed by atoms with Crippen LogP contribution in [0.15, 0.2) is 212 Å². The molecule has 0 saturated heterocycles. The fourth-order valence-electron chi connectivity index (χ4n) is 13.4. The lowest BCUT2D eigenvalue weighted by Gasteiger charge is -2.19. The minimum atomic E-state index is -0.948. The molecule has 0 saturated carbocycles. The first-order valence-corrected chi connectivity index (χ1v) is 36.7. The summed E-state index contributed by atoms with van der Waals surface area (Å²) in [6.07, 6.45) is 13.1. The van der Waals surface area contributed by atoms with Crippen molar-refractivity contribution in [3.05, 3.63) is 307 Å². The largest absolute Gasteiger partial charge is 0.373 e. The highest BCUT2D eigenvalue weighted by Gasteiger charge is 2.26. The lowest BCUT2D eigenvalue weighted by molar-refractivity contribution is 0.579. The summed E-state index contributed by atoms with van der Waals surface area (Å²) in [6, 6.07) is 51.3. The zero-order valence-corrected chi connectivity index (χ0v) is 65.4. The van der Waals surface area contributed by atoms with Crippen LogP contribution < -0.4 is 42.6 Å². The van der Waals surface area contributed by atoms with Gasteiger partial charge in [-0.15, -0.1) is 0 Å². The highest BCUT2D eigenvalue weighted by atomic mass is 19.1. The predicted molar refractivity (Wildman–Crippen MR) is 460 cm³/mol. The molecule has 0 spiro atoms. The SMILES string of the molecule is C=C1C=Cc2cc(-c3cc(C)nc(NC)c3)c(-c3ccc(C)c(C#N)c3)nc2N1.C=C1C=Cc2cc(-c3cc(C)nc(NC)c3)c(-c3ccc(F)c(C#N)c3)nc2N1.C=C1C=Cc2cc(-c3cc(C)nc(NC)c3)c(-c3ccc(F)c(C#N)c3F)nc2N1.CNc1cc(-c2cc3c(=O)cc[nH]c3nc2-c2ccc(C)c(C#N)c2)cc(C)n1. The molecule has 9 aromatic heterocycles. The van der Waals surface area contributed by atoms with Crippen molar-refractivity contribution in [2.45, 2.75) is 41.5 Å². The maximum atomic E-state index is 15.1. The second-order valence-electron chi connectivity index (χ2n) is 27.6. The molecular weight excluding hydrogens is 1470 g/mol. The molecule has 8 N–H and O–H groups in total. The molecule has 0 atom stereocenters. The van der Waals surface area contributed by atoms with Crippen LogP contribution in [0.3, 0.4) is 0 Å². The number of H-pyrrole nitrogens is 1. The monoisotopic (exact) mass is 1540 g/mol. The predicted octanol–water partition coefficient (Wildman–Crippen LogP) is 19.9. The average molecular weight is 1550 g/mol. The van der Waals surface area contributed by atoms with Gasteiger partial charge in [0.25, 0.3) is 0 Å². The van der Waals surface area contributed by atoms with E-state index in [1.165, 1.54) is 24.3 Å². The van der Waals surface area contributed by atoms with Crippen LogP contribution in [-0.2, 0) is 0 Å². The van der Waals surface area contributed by atoms with Crippen LogP contribution in [0.4, 0.5) is 53.9 Å². The van der Waals surface area contributed by atoms with Gasteiger partial charge in [0.1, 0.15) is 75.7 Å². The number of hydrogen-bond donors (Lipinski definition) is 8. The van der Waals surface area contributed by atoms with Crippen molar-refractivity contribution < 1.29 is 13.2 Å². The lowest BCUT2D eigenvalue weighted by Crippen LogP contribution is -2.07. The van der Waals surface area contributed by atoms with Gasteiger partial charge in [0.05, 0.1) is 57.0 Å². The summed E-state index contributed by atoms with van der Waals surface area (Å²) in [5.74, 6) is 2.43. The second-order valence-corrected chi connectivity index (χ2v) is 27.6. The van der Waals surface area contributed by atoms with Crippen LogP contribution in [0.1, 0.15) is 72.8 Å². The Morgan fingerprint density at radius 2 is 0.718 bits per heavy atom. The molecule has 117 heavy (non-hydrogen) atoms. The van der Waals surface area contributed by atoms with E-state index in [0.29, 0.717) is 67.8 Å². The van der Waals surface area contributed by atoms with Crippen molar-refractivity contribution in [2.24, 2.45) is 0 Å². The highest BCUT2D eigenvalue weighted by molar-refractivity contribution is 5.94. The fourth-order valence-corrected chi connectivity index (χ4v) is 13.4. The summed E-state index contributed by atoms with van der Waals surface area (Å²) in [7, 11) is 7.24. The first kappa shape index (κ1) is 79.2. The first-order valence-electron chi connectivity index (χ1n) is 36.7. The van der Waals surface area contributed by atoms with Gasteiger partial charge in [0, 0.05) is 142 Å². The Balaban J connectivity index is 0.000000135. The molecule has 24 heteroatoms. The number of nitrogens with one attached hydrogen (secondary N) is 8. The van der Waals surface area contributed by atoms with Gasteiger partial charge in [-0.2, -0.15) is 21.0 Å². The van der Waals surface area contributed by atoms with E-state index in [1.807, 2.05) is 208 Å². The molecule has 0 amide bonds. The van der Waals surface area contributed by atoms with E-state index in [-0.39, 0.29) is 22.2 Å². The van der Waals surface area contributed by atoms with Crippen molar-refractivity contribution >= 4 is 70.0 Å². The van der Waals surface area contributed by atoms with Crippen LogP contribution in [-0.4, -0.2) is 73.0 Å². The van der Waals surface area contributed by atoms with Gasteiger partial charge in [-0.25, -0.2) is 53.0 Å². The maximum Gasteiger partial charge on any atom is 0.191 e. The zero-order valence-electron chi connectivity index (χ0n) is 65.4.